The first kappa shape index (κ1) is 20.3. The van der Waals surface area contributed by atoms with Crippen molar-refractivity contribution < 1.29 is 19.8 Å². The SMILES string of the molecule is NCC(Cc1ccc(Cl)cc1)c1ccccn1.O=C(O)/C=C\C(=O)O. The fourth-order valence-corrected chi connectivity index (χ4v) is 2.10. The van der Waals surface area contributed by atoms with Gasteiger partial charge in [-0.2, -0.15) is 0 Å². The zero-order valence-corrected chi connectivity index (χ0v) is 14.1. The molecule has 2 aromatic rings. The van der Waals surface area contributed by atoms with Gasteiger partial charge in [0.05, 0.1) is 0 Å². The van der Waals surface area contributed by atoms with Crippen molar-refractivity contribution in [3.05, 3.63) is 77.1 Å². The highest BCUT2D eigenvalue weighted by atomic mass is 35.5. The molecule has 1 aromatic carbocycles. The number of aromatic nitrogens is 1. The highest BCUT2D eigenvalue weighted by molar-refractivity contribution is 6.30. The van der Waals surface area contributed by atoms with Crippen LogP contribution in [0.2, 0.25) is 5.02 Å². The number of aliphatic carboxylic acids is 2. The van der Waals surface area contributed by atoms with Gasteiger partial charge in [-0.25, -0.2) is 9.59 Å². The second-order valence-electron chi connectivity index (χ2n) is 5.03. The Labute approximate surface area is 150 Å². The van der Waals surface area contributed by atoms with Gasteiger partial charge in [0, 0.05) is 41.5 Å². The predicted octanol–water partition coefficient (Wildman–Crippen LogP) is 2.73. The zero-order valence-electron chi connectivity index (χ0n) is 13.4. The monoisotopic (exact) mass is 362 g/mol. The molecule has 25 heavy (non-hydrogen) atoms. The minimum absolute atomic E-state index is 0.261. The Bertz CT molecular complexity index is 687. The maximum atomic E-state index is 9.55. The maximum absolute atomic E-state index is 9.55. The molecule has 1 heterocycles. The summed E-state index contributed by atoms with van der Waals surface area (Å²) in [6, 6.07) is 13.8. The molecule has 0 fully saturated rings. The van der Waals surface area contributed by atoms with E-state index in [9.17, 15) is 9.59 Å². The Morgan fingerprint density at radius 3 is 2.12 bits per heavy atom. The third kappa shape index (κ3) is 8.64. The van der Waals surface area contributed by atoms with Gasteiger partial charge in [-0.3, -0.25) is 4.98 Å². The quantitative estimate of drug-likeness (QED) is 0.681. The molecule has 0 aliphatic rings. The van der Waals surface area contributed by atoms with E-state index in [0.717, 1.165) is 17.1 Å². The summed E-state index contributed by atoms with van der Waals surface area (Å²) >= 11 is 5.86. The molecule has 0 aliphatic carbocycles. The van der Waals surface area contributed by atoms with E-state index in [0.29, 0.717) is 18.7 Å². The van der Waals surface area contributed by atoms with Gasteiger partial charge >= 0.3 is 11.9 Å². The van der Waals surface area contributed by atoms with E-state index in [2.05, 4.69) is 4.98 Å². The molecule has 4 N–H and O–H groups in total. The van der Waals surface area contributed by atoms with Crippen LogP contribution in [0.3, 0.4) is 0 Å². The van der Waals surface area contributed by atoms with Crippen molar-refractivity contribution in [2.24, 2.45) is 5.73 Å². The zero-order chi connectivity index (χ0) is 18.7. The summed E-state index contributed by atoms with van der Waals surface area (Å²) in [5, 5.41) is 16.4. The predicted molar refractivity (Wildman–Crippen MR) is 95.6 cm³/mol. The number of benzene rings is 1. The Balaban J connectivity index is 0.000000333. The van der Waals surface area contributed by atoms with Crippen LogP contribution in [-0.4, -0.2) is 33.7 Å². The minimum Gasteiger partial charge on any atom is -0.478 e. The normalized spacial score (nSPS) is 11.4. The van der Waals surface area contributed by atoms with Gasteiger partial charge in [0.15, 0.2) is 0 Å². The van der Waals surface area contributed by atoms with E-state index in [-0.39, 0.29) is 5.92 Å². The number of carboxylic acid groups (broad SMARTS) is 2. The Morgan fingerprint density at radius 2 is 1.68 bits per heavy atom. The molecule has 0 amide bonds. The standard InChI is InChI=1S/C14H15ClN2.C4H4O4/c15-13-6-4-11(5-7-13)9-12(10-16)14-3-1-2-8-17-14;5-3(6)1-2-4(7)8/h1-8,12H,9-10,16H2;1-2H,(H,5,6)(H,7,8)/b;2-1-. The molecule has 132 valence electrons. The largest absolute Gasteiger partial charge is 0.478 e. The van der Waals surface area contributed by atoms with Gasteiger partial charge in [0.1, 0.15) is 0 Å². The van der Waals surface area contributed by atoms with E-state index in [1.165, 1.54) is 5.56 Å². The van der Waals surface area contributed by atoms with Gasteiger partial charge in [-0.05, 0) is 36.2 Å². The molecule has 7 heteroatoms. The van der Waals surface area contributed by atoms with Crippen molar-refractivity contribution in [3.8, 4) is 0 Å². The molecule has 1 aromatic heterocycles. The second-order valence-corrected chi connectivity index (χ2v) is 5.46. The molecule has 0 radical (unpaired) electrons. The molecular formula is C18H19ClN2O4. The summed E-state index contributed by atoms with van der Waals surface area (Å²) in [5.74, 6) is -2.25. The molecule has 0 bridgehead atoms. The molecule has 0 aliphatic heterocycles. The van der Waals surface area contributed by atoms with Crippen molar-refractivity contribution in [3.63, 3.8) is 0 Å². The molecule has 6 nitrogen and oxygen atoms in total. The average Bonchev–Trinajstić information content (AvgIpc) is 2.61. The smallest absolute Gasteiger partial charge is 0.328 e. The van der Waals surface area contributed by atoms with Crippen LogP contribution in [0.1, 0.15) is 17.2 Å². The van der Waals surface area contributed by atoms with E-state index >= 15 is 0 Å². The van der Waals surface area contributed by atoms with Crippen LogP contribution in [0.4, 0.5) is 0 Å². The summed E-state index contributed by atoms with van der Waals surface area (Å²) in [4.78, 5) is 23.5. The first-order chi connectivity index (χ1) is 11.9. The van der Waals surface area contributed by atoms with Crippen LogP contribution >= 0.6 is 11.6 Å². The molecule has 0 saturated heterocycles. The van der Waals surface area contributed by atoms with Crippen molar-refractivity contribution in [2.75, 3.05) is 6.54 Å². The lowest BCUT2D eigenvalue weighted by atomic mass is 9.96. The van der Waals surface area contributed by atoms with Crippen LogP contribution in [0.15, 0.2) is 60.8 Å². The Kier molecular flexibility index (Phi) is 8.92. The summed E-state index contributed by atoms with van der Waals surface area (Å²) in [6.45, 7) is 0.597. The lowest BCUT2D eigenvalue weighted by Crippen LogP contribution is -2.16. The fraction of sp³-hybridized carbons (Fsp3) is 0.167. The number of carboxylic acids is 2. The number of halogens is 1. The molecule has 1 atom stereocenters. The van der Waals surface area contributed by atoms with Gasteiger partial charge in [-0.15, -0.1) is 0 Å². The number of nitrogens with zero attached hydrogens (tertiary/aromatic N) is 1. The number of hydrogen-bond donors (Lipinski definition) is 3. The summed E-state index contributed by atoms with van der Waals surface area (Å²) in [7, 11) is 0. The number of pyridine rings is 1. The number of hydrogen-bond acceptors (Lipinski definition) is 4. The average molecular weight is 363 g/mol. The van der Waals surface area contributed by atoms with Crippen molar-refractivity contribution in [2.45, 2.75) is 12.3 Å². The number of rotatable bonds is 6. The van der Waals surface area contributed by atoms with Crippen molar-refractivity contribution in [1.29, 1.82) is 0 Å². The van der Waals surface area contributed by atoms with Crippen LogP contribution < -0.4 is 5.73 Å². The summed E-state index contributed by atoms with van der Waals surface area (Å²) in [6.07, 6.45) is 3.81. The summed E-state index contributed by atoms with van der Waals surface area (Å²) in [5.41, 5.74) is 8.09. The third-order valence-electron chi connectivity index (χ3n) is 3.15. The molecule has 2 rings (SSSR count). The van der Waals surface area contributed by atoms with Crippen molar-refractivity contribution >= 4 is 23.5 Å². The van der Waals surface area contributed by atoms with Gasteiger partial charge in [0.2, 0.25) is 0 Å². The van der Waals surface area contributed by atoms with Crippen molar-refractivity contribution in [1.82, 2.24) is 4.98 Å². The topological polar surface area (TPSA) is 114 Å². The fourth-order valence-electron chi connectivity index (χ4n) is 1.97. The highest BCUT2D eigenvalue weighted by Crippen LogP contribution is 2.19. The van der Waals surface area contributed by atoms with Crippen LogP contribution in [0.25, 0.3) is 0 Å². The van der Waals surface area contributed by atoms with Crippen LogP contribution in [0, 0.1) is 0 Å². The van der Waals surface area contributed by atoms with Gasteiger partial charge in [-0.1, -0.05) is 29.8 Å². The van der Waals surface area contributed by atoms with E-state index in [1.807, 2.05) is 42.5 Å². The van der Waals surface area contributed by atoms with Gasteiger partial charge in [0.25, 0.3) is 0 Å². The Hall–Kier alpha value is -2.70. The summed E-state index contributed by atoms with van der Waals surface area (Å²) < 4.78 is 0. The Morgan fingerprint density at radius 1 is 1.08 bits per heavy atom. The maximum Gasteiger partial charge on any atom is 0.328 e. The van der Waals surface area contributed by atoms with Gasteiger partial charge < -0.3 is 15.9 Å². The number of carbonyl (C=O) groups is 2. The molecule has 1 unspecified atom stereocenters. The number of nitrogens with two attached hydrogens (primary N) is 1. The first-order valence-electron chi connectivity index (χ1n) is 7.41. The van der Waals surface area contributed by atoms with Crippen LogP contribution in [0.5, 0.6) is 0 Å². The lowest BCUT2D eigenvalue weighted by molar-refractivity contribution is -0.134. The van der Waals surface area contributed by atoms with Crippen LogP contribution in [-0.2, 0) is 16.0 Å². The second kappa shape index (κ2) is 11.0. The first-order valence-corrected chi connectivity index (χ1v) is 7.79. The molecular weight excluding hydrogens is 344 g/mol. The highest BCUT2D eigenvalue weighted by Gasteiger charge is 2.11. The molecule has 0 spiro atoms. The molecule has 0 saturated carbocycles. The van der Waals surface area contributed by atoms with E-state index < -0.39 is 11.9 Å². The van der Waals surface area contributed by atoms with E-state index in [1.54, 1.807) is 6.20 Å². The lowest BCUT2D eigenvalue weighted by Gasteiger charge is -2.14. The van der Waals surface area contributed by atoms with E-state index in [4.69, 9.17) is 27.5 Å². The minimum atomic E-state index is -1.26. The third-order valence-corrected chi connectivity index (χ3v) is 3.41.